The Morgan fingerprint density at radius 2 is 1.65 bits per heavy atom. The van der Waals surface area contributed by atoms with Crippen molar-refractivity contribution in [1.29, 1.82) is 0 Å². The summed E-state index contributed by atoms with van der Waals surface area (Å²) in [7, 11) is -5.87. The Bertz CT molecular complexity index is 578. The van der Waals surface area contributed by atoms with Crippen molar-refractivity contribution in [3.8, 4) is 0 Å². The highest BCUT2D eigenvalue weighted by Gasteiger charge is 2.07. The van der Waals surface area contributed by atoms with Crippen LogP contribution < -0.4 is 14.6 Å². The van der Waals surface area contributed by atoms with Crippen LogP contribution in [-0.2, 0) is 26.0 Å². The van der Waals surface area contributed by atoms with E-state index in [-0.39, 0.29) is 5.75 Å². The van der Waals surface area contributed by atoms with Gasteiger partial charge in [-0.3, -0.25) is 4.72 Å². The summed E-state index contributed by atoms with van der Waals surface area (Å²) >= 11 is 0. The smallest absolute Gasteiger partial charge is 0.271 e. The van der Waals surface area contributed by atoms with Gasteiger partial charge in [0.25, 0.3) is 10.2 Å². The molecular formula is C8H13N3O4S2. The van der Waals surface area contributed by atoms with E-state index in [4.69, 9.17) is 5.14 Å². The number of primary sulfonamides is 1. The van der Waals surface area contributed by atoms with Gasteiger partial charge in [-0.05, 0) is 17.7 Å². The Morgan fingerprint density at radius 1 is 1.12 bits per heavy atom. The van der Waals surface area contributed by atoms with Gasteiger partial charge in [-0.2, -0.15) is 8.42 Å². The molecule has 0 aliphatic heterocycles. The number of sulfonamides is 1. The molecule has 96 valence electrons. The molecule has 0 fully saturated rings. The molecule has 9 heteroatoms. The number of nitrogens with one attached hydrogen (secondary N) is 2. The predicted octanol–water partition coefficient (Wildman–Crippen LogP) is -0.649. The van der Waals surface area contributed by atoms with Crippen LogP contribution in [0.2, 0.25) is 0 Å². The van der Waals surface area contributed by atoms with Crippen molar-refractivity contribution < 1.29 is 16.8 Å². The zero-order valence-corrected chi connectivity index (χ0v) is 10.7. The first kappa shape index (κ1) is 13.9. The normalized spacial score (nSPS) is 12.4. The molecule has 0 amide bonds. The Kier molecular flexibility index (Phi) is 4.09. The van der Waals surface area contributed by atoms with E-state index in [1.165, 1.54) is 31.3 Å². The van der Waals surface area contributed by atoms with E-state index in [0.29, 0.717) is 11.3 Å². The maximum Gasteiger partial charge on any atom is 0.298 e. The lowest BCUT2D eigenvalue weighted by molar-refractivity contribution is 0.592. The largest absolute Gasteiger partial charge is 0.298 e. The lowest BCUT2D eigenvalue weighted by Crippen LogP contribution is -2.26. The molecule has 1 aromatic carbocycles. The van der Waals surface area contributed by atoms with E-state index < -0.39 is 20.2 Å². The van der Waals surface area contributed by atoms with Crippen molar-refractivity contribution >= 4 is 25.9 Å². The molecule has 0 saturated heterocycles. The number of hydrogen-bond acceptors (Lipinski definition) is 4. The van der Waals surface area contributed by atoms with Gasteiger partial charge in [0.1, 0.15) is 0 Å². The summed E-state index contributed by atoms with van der Waals surface area (Å²) in [6.07, 6.45) is 0. The van der Waals surface area contributed by atoms with E-state index in [2.05, 4.69) is 9.44 Å². The van der Waals surface area contributed by atoms with Crippen LogP contribution >= 0.6 is 0 Å². The minimum atomic E-state index is -3.58. The van der Waals surface area contributed by atoms with Gasteiger partial charge in [-0.25, -0.2) is 18.3 Å². The summed E-state index contributed by atoms with van der Waals surface area (Å²) < 4.78 is 48.2. The van der Waals surface area contributed by atoms with Crippen LogP contribution in [0, 0.1) is 0 Å². The van der Waals surface area contributed by atoms with Gasteiger partial charge in [-0.15, -0.1) is 0 Å². The summed E-state index contributed by atoms with van der Waals surface area (Å²) in [5, 5.41) is 4.88. The van der Waals surface area contributed by atoms with Crippen molar-refractivity contribution in [2.24, 2.45) is 5.14 Å². The molecule has 1 rings (SSSR count). The van der Waals surface area contributed by atoms with Gasteiger partial charge in [0, 0.05) is 12.7 Å². The lowest BCUT2D eigenvalue weighted by atomic mass is 10.2. The van der Waals surface area contributed by atoms with Crippen molar-refractivity contribution in [1.82, 2.24) is 4.72 Å². The second-order valence-electron chi connectivity index (χ2n) is 3.31. The molecule has 17 heavy (non-hydrogen) atoms. The van der Waals surface area contributed by atoms with Crippen LogP contribution in [0.4, 0.5) is 5.69 Å². The first-order valence-corrected chi connectivity index (χ1v) is 7.72. The number of nitrogens with two attached hydrogens (primary N) is 1. The van der Waals surface area contributed by atoms with Crippen LogP contribution in [0.5, 0.6) is 0 Å². The number of benzene rings is 1. The molecule has 1 aromatic rings. The van der Waals surface area contributed by atoms with Crippen molar-refractivity contribution in [2.75, 3.05) is 11.8 Å². The molecule has 4 N–H and O–H groups in total. The third-order valence-corrected chi connectivity index (χ3v) is 3.62. The molecule has 0 atom stereocenters. The van der Waals surface area contributed by atoms with E-state index in [1.807, 2.05) is 0 Å². The topological polar surface area (TPSA) is 118 Å². The summed E-state index contributed by atoms with van der Waals surface area (Å²) in [5.41, 5.74) is 0.817. The zero-order valence-electron chi connectivity index (χ0n) is 9.04. The standard InChI is InChI=1S/C8H13N3O4S2/c1-10-17(14,15)11-8-4-2-7(3-5-8)6-16(9,12)13/h2-5,10-11H,6H2,1H3,(H2,9,12,13). The third kappa shape index (κ3) is 5.13. The maximum absolute atomic E-state index is 11.1. The fourth-order valence-corrected chi connectivity index (χ4v) is 2.31. The Hall–Kier alpha value is -1.16. The fraction of sp³-hybridized carbons (Fsp3) is 0.250. The van der Waals surface area contributed by atoms with Gasteiger partial charge >= 0.3 is 0 Å². The van der Waals surface area contributed by atoms with Crippen molar-refractivity contribution in [3.63, 3.8) is 0 Å². The molecule has 0 aliphatic rings. The van der Waals surface area contributed by atoms with Gasteiger partial charge in [-0.1, -0.05) is 12.1 Å². The van der Waals surface area contributed by atoms with Gasteiger partial charge in [0.05, 0.1) is 5.75 Å². The number of hydrogen-bond donors (Lipinski definition) is 3. The molecule has 0 spiro atoms. The molecule has 0 aliphatic carbocycles. The van der Waals surface area contributed by atoms with E-state index in [1.54, 1.807) is 0 Å². The van der Waals surface area contributed by atoms with E-state index >= 15 is 0 Å². The van der Waals surface area contributed by atoms with Crippen LogP contribution in [0.1, 0.15) is 5.56 Å². The Morgan fingerprint density at radius 3 is 2.06 bits per heavy atom. The fourth-order valence-electron chi connectivity index (χ4n) is 1.11. The highest BCUT2D eigenvalue weighted by atomic mass is 32.2. The molecule has 0 aromatic heterocycles. The average Bonchev–Trinajstić information content (AvgIpc) is 2.19. The Balaban J connectivity index is 2.82. The van der Waals surface area contributed by atoms with Gasteiger partial charge in [0.2, 0.25) is 10.0 Å². The second-order valence-corrected chi connectivity index (χ2v) is 6.55. The van der Waals surface area contributed by atoms with E-state index in [9.17, 15) is 16.8 Å². The zero-order chi connectivity index (χ0) is 13.1. The number of rotatable bonds is 5. The lowest BCUT2D eigenvalue weighted by Gasteiger charge is -2.07. The molecule has 0 bridgehead atoms. The van der Waals surface area contributed by atoms with Crippen LogP contribution in [-0.4, -0.2) is 23.9 Å². The Labute approximate surface area is 100 Å². The summed E-state index contributed by atoms with van der Waals surface area (Å²) in [6, 6.07) is 5.88. The molecule has 0 radical (unpaired) electrons. The second kappa shape index (κ2) is 5.00. The highest BCUT2D eigenvalue weighted by Crippen LogP contribution is 2.12. The average molecular weight is 279 g/mol. The summed E-state index contributed by atoms with van der Waals surface area (Å²) in [6.45, 7) is 0. The molecule has 0 heterocycles. The van der Waals surface area contributed by atoms with Crippen LogP contribution in [0.3, 0.4) is 0 Å². The summed E-state index contributed by atoms with van der Waals surface area (Å²) in [5.74, 6) is -0.286. The van der Waals surface area contributed by atoms with Crippen LogP contribution in [0.25, 0.3) is 0 Å². The monoisotopic (exact) mass is 279 g/mol. The van der Waals surface area contributed by atoms with Gasteiger partial charge < -0.3 is 0 Å². The minimum Gasteiger partial charge on any atom is -0.271 e. The SMILES string of the molecule is CNS(=O)(=O)Nc1ccc(CS(N)(=O)=O)cc1. The highest BCUT2D eigenvalue weighted by molar-refractivity contribution is 7.90. The van der Waals surface area contributed by atoms with E-state index in [0.717, 1.165) is 0 Å². The first-order chi connectivity index (χ1) is 7.72. The predicted molar refractivity (Wildman–Crippen MR) is 64.9 cm³/mol. The van der Waals surface area contributed by atoms with Crippen molar-refractivity contribution in [2.45, 2.75) is 5.75 Å². The molecule has 0 saturated carbocycles. The third-order valence-electron chi connectivity index (χ3n) is 1.84. The van der Waals surface area contributed by atoms with Crippen LogP contribution in [0.15, 0.2) is 24.3 Å². The molecule has 7 nitrogen and oxygen atoms in total. The quantitative estimate of drug-likeness (QED) is 0.663. The molecule has 0 unspecified atom stereocenters. The maximum atomic E-state index is 11.1. The van der Waals surface area contributed by atoms with Crippen molar-refractivity contribution in [3.05, 3.63) is 29.8 Å². The first-order valence-electron chi connectivity index (χ1n) is 4.52. The number of anilines is 1. The minimum absolute atomic E-state index is 0.286. The van der Waals surface area contributed by atoms with Gasteiger partial charge in [0.15, 0.2) is 0 Å². The summed E-state index contributed by atoms with van der Waals surface area (Å²) in [4.78, 5) is 0. The molecular weight excluding hydrogens is 266 g/mol.